The number of benzene rings is 1. The normalized spacial score (nSPS) is 14.2. The fourth-order valence-corrected chi connectivity index (χ4v) is 2.43. The lowest BCUT2D eigenvalue weighted by atomic mass is 9.88. The standard InChI is InChI=1S/C18H20FN3O2.2ClH/c1-12(14-10-20-11-14)18(23)22-9-13-2-7-17(21-8-13)24-16-5-3-15(19)4-6-16;;/h2-8,12,14,20H,9-11H2,1H3,(H,22,23);2*1H. The van der Waals surface area contributed by atoms with Gasteiger partial charge in [-0.2, -0.15) is 0 Å². The molecule has 142 valence electrons. The number of hydrogen-bond acceptors (Lipinski definition) is 4. The highest BCUT2D eigenvalue weighted by molar-refractivity contribution is 5.85. The van der Waals surface area contributed by atoms with Crippen LogP contribution in [0.4, 0.5) is 4.39 Å². The van der Waals surface area contributed by atoms with E-state index in [1.807, 2.05) is 13.0 Å². The molecule has 1 unspecified atom stereocenters. The summed E-state index contributed by atoms with van der Waals surface area (Å²) < 4.78 is 18.4. The number of rotatable bonds is 6. The van der Waals surface area contributed by atoms with Crippen LogP contribution < -0.4 is 15.4 Å². The highest BCUT2D eigenvalue weighted by atomic mass is 35.5. The van der Waals surface area contributed by atoms with Crippen LogP contribution in [0.15, 0.2) is 42.6 Å². The lowest BCUT2D eigenvalue weighted by Crippen LogP contribution is -2.49. The van der Waals surface area contributed by atoms with Crippen molar-refractivity contribution < 1.29 is 13.9 Å². The van der Waals surface area contributed by atoms with Crippen molar-refractivity contribution in [3.63, 3.8) is 0 Å². The molecule has 2 heterocycles. The number of carbonyl (C=O) groups is 1. The second-order valence-corrected chi connectivity index (χ2v) is 5.99. The Labute approximate surface area is 164 Å². The highest BCUT2D eigenvalue weighted by Gasteiger charge is 2.28. The minimum absolute atomic E-state index is 0. The molecular weight excluding hydrogens is 380 g/mol. The Hall–Kier alpha value is -1.89. The van der Waals surface area contributed by atoms with Gasteiger partial charge in [-0.3, -0.25) is 4.79 Å². The first-order valence-electron chi connectivity index (χ1n) is 7.98. The molecule has 1 saturated heterocycles. The van der Waals surface area contributed by atoms with Crippen molar-refractivity contribution in [1.82, 2.24) is 15.6 Å². The van der Waals surface area contributed by atoms with E-state index in [0.29, 0.717) is 24.1 Å². The molecule has 26 heavy (non-hydrogen) atoms. The molecule has 0 aliphatic carbocycles. The summed E-state index contributed by atoms with van der Waals surface area (Å²) in [4.78, 5) is 16.3. The second-order valence-electron chi connectivity index (χ2n) is 5.99. The summed E-state index contributed by atoms with van der Waals surface area (Å²) in [7, 11) is 0. The second kappa shape index (κ2) is 10.3. The van der Waals surface area contributed by atoms with E-state index in [1.54, 1.807) is 24.4 Å². The van der Waals surface area contributed by atoms with E-state index in [9.17, 15) is 9.18 Å². The number of pyridine rings is 1. The average molecular weight is 402 g/mol. The summed E-state index contributed by atoms with van der Waals surface area (Å²) in [6, 6.07) is 9.32. The SMILES string of the molecule is CC(C(=O)NCc1ccc(Oc2ccc(F)cc2)nc1)C1CNC1.Cl.Cl. The zero-order chi connectivity index (χ0) is 16.9. The topological polar surface area (TPSA) is 63.2 Å². The van der Waals surface area contributed by atoms with Crippen molar-refractivity contribution in [3.05, 3.63) is 54.0 Å². The summed E-state index contributed by atoms with van der Waals surface area (Å²) in [6.45, 7) is 4.21. The van der Waals surface area contributed by atoms with Gasteiger partial charge in [0.25, 0.3) is 0 Å². The van der Waals surface area contributed by atoms with Crippen LogP contribution in [0.1, 0.15) is 12.5 Å². The van der Waals surface area contributed by atoms with Gasteiger partial charge in [-0.25, -0.2) is 9.37 Å². The Bertz CT molecular complexity index is 695. The summed E-state index contributed by atoms with van der Waals surface area (Å²) >= 11 is 0. The van der Waals surface area contributed by atoms with Gasteiger partial charge in [-0.05, 0) is 48.8 Å². The Morgan fingerprint density at radius 1 is 1.27 bits per heavy atom. The maximum absolute atomic E-state index is 12.9. The fraction of sp³-hybridized carbons (Fsp3) is 0.333. The van der Waals surface area contributed by atoms with E-state index >= 15 is 0 Å². The number of amides is 1. The molecule has 1 aliphatic heterocycles. The predicted molar refractivity (Wildman–Crippen MR) is 103 cm³/mol. The van der Waals surface area contributed by atoms with Gasteiger partial charge in [0.05, 0.1) is 0 Å². The van der Waals surface area contributed by atoms with Crippen LogP contribution in [0.25, 0.3) is 0 Å². The van der Waals surface area contributed by atoms with Crippen molar-refractivity contribution >= 4 is 30.7 Å². The number of aromatic nitrogens is 1. The number of ether oxygens (including phenoxy) is 1. The largest absolute Gasteiger partial charge is 0.439 e. The van der Waals surface area contributed by atoms with Crippen molar-refractivity contribution in [3.8, 4) is 11.6 Å². The number of hydrogen-bond donors (Lipinski definition) is 2. The summed E-state index contributed by atoms with van der Waals surface area (Å²) in [5.41, 5.74) is 0.897. The first kappa shape index (κ1) is 22.2. The van der Waals surface area contributed by atoms with Gasteiger partial charge in [-0.15, -0.1) is 24.8 Å². The molecule has 3 rings (SSSR count). The maximum atomic E-state index is 12.9. The first-order valence-corrected chi connectivity index (χ1v) is 7.98. The first-order chi connectivity index (χ1) is 11.6. The molecule has 1 fully saturated rings. The van der Waals surface area contributed by atoms with E-state index in [4.69, 9.17) is 4.74 Å². The van der Waals surface area contributed by atoms with E-state index in [-0.39, 0.29) is 42.5 Å². The molecule has 2 N–H and O–H groups in total. The molecule has 1 aromatic carbocycles. The van der Waals surface area contributed by atoms with Gasteiger partial charge in [-0.1, -0.05) is 13.0 Å². The third kappa shape index (κ3) is 5.83. The zero-order valence-corrected chi connectivity index (χ0v) is 15.9. The Kier molecular flexibility index (Phi) is 8.78. The van der Waals surface area contributed by atoms with Crippen molar-refractivity contribution in [2.24, 2.45) is 11.8 Å². The van der Waals surface area contributed by atoms with Crippen LogP contribution in [0.3, 0.4) is 0 Å². The van der Waals surface area contributed by atoms with Crippen molar-refractivity contribution in [1.29, 1.82) is 0 Å². The van der Waals surface area contributed by atoms with Gasteiger partial charge in [0.2, 0.25) is 11.8 Å². The van der Waals surface area contributed by atoms with Crippen LogP contribution in [0.5, 0.6) is 11.6 Å². The van der Waals surface area contributed by atoms with Gasteiger partial charge in [0.15, 0.2) is 0 Å². The number of halogens is 3. The van der Waals surface area contributed by atoms with Crippen LogP contribution >= 0.6 is 24.8 Å². The summed E-state index contributed by atoms with van der Waals surface area (Å²) in [6.07, 6.45) is 1.66. The van der Waals surface area contributed by atoms with Crippen molar-refractivity contribution in [2.45, 2.75) is 13.5 Å². The lowest BCUT2D eigenvalue weighted by Gasteiger charge is -2.31. The van der Waals surface area contributed by atoms with E-state index in [1.165, 1.54) is 12.1 Å². The maximum Gasteiger partial charge on any atom is 0.223 e. The minimum atomic E-state index is -0.312. The molecule has 8 heteroatoms. The van der Waals surface area contributed by atoms with Crippen LogP contribution in [-0.4, -0.2) is 24.0 Å². The molecule has 1 aromatic heterocycles. The Morgan fingerprint density at radius 3 is 2.50 bits per heavy atom. The monoisotopic (exact) mass is 401 g/mol. The smallest absolute Gasteiger partial charge is 0.223 e. The molecule has 5 nitrogen and oxygen atoms in total. The molecule has 0 spiro atoms. The zero-order valence-electron chi connectivity index (χ0n) is 14.3. The molecular formula is C18H22Cl2FN3O2. The van der Waals surface area contributed by atoms with Gasteiger partial charge in [0.1, 0.15) is 11.6 Å². The predicted octanol–water partition coefficient (Wildman–Crippen LogP) is 3.33. The summed E-state index contributed by atoms with van der Waals surface area (Å²) in [5.74, 6) is 1.13. The minimum Gasteiger partial charge on any atom is -0.439 e. The molecule has 0 radical (unpaired) electrons. The van der Waals surface area contributed by atoms with Gasteiger partial charge >= 0.3 is 0 Å². The highest BCUT2D eigenvalue weighted by Crippen LogP contribution is 2.20. The molecule has 0 bridgehead atoms. The third-order valence-corrected chi connectivity index (χ3v) is 4.23. The molecule has 1 aliphatic rings. The van der Waals surface area contributed by atoms with Crippen LogP contribution in [-0.2, 0) is 11.3 Å². The quantitative estimate of drug-likeness (QED) is 0.778. The lowest BCUT2D eigenvalue weighted by molar-refractivity contribution is -0.126. The molecule has 2 aromatic rings. The van der Waals surface area contributed by atoms with E-state index in [2.05, 4.69) is 15.6 Å². The Morgan fingerprint density at radius 2 is 1.96 bits per heavy atom. The number of carbonyl (C=O) groups excluding carboxylic acids is 1. The molecule has 0 saturated carbocycles. The molecule has 1 atom stereocenters. The molecule has 1 amide bonds. The fourth-order valence-electron chi connectivity index (χ4n) is 2.43. The Balaban J connectivity index is 0.00000169. The summed E-state index contributed by atoms with van der Waals surface area (Å²) in [5, 5.41) is 6.11. The van der Waals surface area contributed by atoms with E-state index in [0.717, 1.165) is 18.7 Å². The van der Waals surface area contributed by atoms with Crippen LogP contribution in [0, 0.1) is 17.7 Å². The number of nitrogens with zero attached hydrogens (tertiary/aromatic N) is 1. The average Bonchev–Trinajstić information content (AvgIpc) is 2.54. The number of nitrogens with one attached hydrogen (secondary N) is 2. The van der Waals surface area contributed by atoms with Crippen molar-refractivity contribution in [2.75, 3.05) is 13.1 Å². The third-order valence-electron chi connectivity index (χ3n) is 4.23. The van der Waals surface area contributed by atoms with E-state index < -0.39 is 0 Å². The van der Waals surface area contributed by atoms with Gasteiger partial charge < -0.3 is 15.4 Å². The van der Waals surface area contributed by atoms with Crippen LogP contribution in [0.2, 0.25) is 0 Å². The van der Waals surface area contributed by atoms with Gasteiger partial charge in [0, 0.05) is 24.7 Å².